The zero-order valence-corrected chi connectivity index (χ0v) is 12.7. The first-order valence-corrected chi connectivity index (χ1v) is 7.51. The molecular formula is C15H23N3O3. The first-order valence-electron chi connectivity index (χ1n) is 7.51. The fourth-order valence-corrected chi connectivity index (χ4v) is 2.71. The summed E-state index contributed by atoms with van der Waals surface area (Å²) in [4.78, 5) is 25.4. The van der Waals surface area contributed by atoms with E-state index in [1.807, 2.05) is 0 Å². The second-order valence-electron chi connectivity index (χ2n) is 5.83. The van der Waals surface area contributed by atoms with Crippen molar-refractivity contribution >= 4 is 17.6 Å². The number of hydrogen-bond donors (Lipinski definition) is 1. The molecule has 1 aromatic heterocycles. The number of likely N-dealkylation sites (N-methyl/N-ethyl adjacent to an activating group) is 1. The van der Waals surface area contributed by atoms with Gasteiger partial charge in [-0.15, -0.1) is 0 Å². The number of aromatic nitrogens is 1. The van der Waals surface area contributed by atoms with Crippen molar-refractivity contribution in [2.24, 2.45) is 5.92 Å². The van der Waals surface area contributed by atoms with Crippen molar-refractivity contribution in [3.8, 4) is 0 Å². The average Bonchev–Trinajstić information content (AvgIpc) is 2.84. The first kappa shape index (κ1) is 15.5. The molecule has 1 aliphatic carbocycles. The van der Waals surface area contributed by atoms with Gasteiger partial charge in [0.05, 0.1) is 6.54 Å². The molecular weight excluding hydrogens is 270 g/mol. The third-order valence-electron chi connectivity index (χ3n) is 3.89. The van der Waals surface area contributed by atoms with Gasteiger partial charge in [-0.05, 0) is 25.7 Å². The topological polar surface area (TPSA) is 75.4 Å². The van der Waals surface area contributed by atoms with Crippen LogP contribution in [0, 0.1) is 12.8 Å². The molecule has 1 aliphatic rings. The molecule has 0 unspecified atom stereocenters. The summed E-state index contributed by atoms with van der Waals surface area (Å²) in [7, 11) is 1.67. The van der Waals surface area contributed by atoms with E-state index in [4.69, 9.17) is 4.52 Å². The van der Waals surface area contributed by atoms with Gasteiger partial charge in [0.15, 0.2) is 5.82 Å². The van der Waals surface area contributed by atoms with E-state index >= 15 is 0 Å². The van der Waals surface area contributed by atoms with Gasteiger partial charge in [-0.1, -0.05) is 24.4 Å². The molecule has 0 aliphatic heterocycles. The number of amides is 2. The Morgan fingerprint density at radius 3 is 2.71 bits per heavy atom. The van der Waals surface area contributed by atoms with Gasteiger partial charge in [0.1, 0.15) is 5.76 Å². The van der Waals surface area contributed by atoms with Gasteiger partial charge in [0.25, 0.3) is 0 Å². The van der Waals surface area contributed by atoms with E-state index in [0.717, 1.165) is 12.8 Å². The van der Waals surface area contributed by atoms with Crippen LogP contribution in [0.1, 0.15) is 44.3 Å². The van der Waals surface area contributed by atoms with Crippen molar-refractivity contribution in [1.82, 2.24) is 10.1 Å². The van der Waals surface area contributed by atoms with E-state index in [0.29, 0.717) is 23.9 Å². The predicted molar refractivity (Wildman–Crippen MR) is 78.7 cm³/mol. The summed E-state index contributed by atoms with van der Waals surface area (Å²) in [6, 6.07) is 1.64. The molecule has 0 saturated heterocycles. The maximum Gasteiger partial charge on any atom is 0.245 e. The van der Waals surface area contributed by atoms with E-state index in [1.54, 1.807) is 20.0 Å². The summed E-state index contributed by atoms with van der Waals surface area (Å²) in [6.45, 7) is 1.79. The Labute approximate surface area is 124 Å². The van der Waals surface area contributed by atoms with Crippen molar-refractivity contribution in [2.75, 3.05) is 18.9 Å². The first-order chi connectivity index (χ1) is 10.0. The number of carbonyl (C=O) groups excluding carboxylic acids is 2. The summed E-state index contributed by atoms with van der Waals surface area (Å²) in [5.41, 5.74) is 0. The number of carbonyl (C=O) groups is 2. The van der Waals surface area contributed by atoms with Gasteiger partial charge in [-0.25, -0.2) is 0 Å². The average molecular weight is 293 g/mol. The number of hydrogen-bond acceptors (Lipinski definition) is 4. The zero-order valence-electron chi connectivity index (χ0n) is 12.7. The molecule has 6 heteroatoms. The Balaban J connectivity index is 1.75. The number of rotatable bonds is 5. The highest BCUT2D eigenvalue weighted by molar-refractivity contribution is 5.93. The maximum absolute atomic E-state index is 12.1. The molecule has 0 atom stereocenters. The second-order valence-corrected chi connectivity index (χ2v) is 5.83. The molecule has 1 fully saturated rings. The van der Waals surface area contributed by atoms with Crippen LogP contribution in [0.25, 0.3) is 0 Å². The number of nitrogens with zero attached hydrogens (tertiary/aromatic N) is 2. The van der Waals surface area contributed by atoms with E-state index in [-0.39, 0.29) is 18.4 Å². The van der Waals surface area contributed by atoms with E-state index in [9.17, 15) is 9.59 Å². The molecule has 2 rings (SSSR count). The number of anilines is 1. The SMILES string of the molecule is Cc1cc(NC(=O)CN(C)C(=O)CC2CCCCC2)no1. The lowest BCUT2D eigenvalue weighted by atomic mass is 9.87. The lowest BCUT2D eigenvalue weighted by Crippen LogP contribution is -2.36. The van der Waals surface area contributed by atoms with Crippen molar-refractivity contribution < 1.29 is 14.1 Å². The molecule has 21 heavy (non-hydrogen) atoms. The molecule has 1 aromatic rings. The molecule has 0 radical (unpaired) electrons. The Hall–Kier alpha value is -1.85. The summed E-state index contributed by atoms with van der Waals surface area (Å²) < 4.78 is 4.87. The van der Waals surface area contributed by atoms with E-state index in [1.165, 1.54) is 24.2 Å². The quantitative estimate of drug-likeness (QED) is 0.904. The lowest BCUT2D eigenvalue weighted by molar-refractivity contribution is -0.134. The zero-order chi connectivity index (χ0) is 15.2. The fourth-order valence-electron chi connectivity index (χ4n) is 2.71. The molecule has 6 nitrogen and oxygen atoms in total. The van der Waals surface area contributed by atoms with Gasteiger partial charge in [-0.3, -0.25) is 9.59 Å². The van der Waals surface area contributed by atoms with Crippen LogP contribution in [0.3, 0.4) is 0 Å². The van der Waals surface area contributed by atoms with Crippen molar-refractivity contribution in [3.05, 3.63) is 11.8 Å². The standard InChI is InChI=1S/C15H23N3O3/c1-11-8-13(17-21-11)16-14(19)10-18(2)15(20)9-12-6-4-3-5-7-12/h8,12H,3-7,9-10H2,1-2H3,(H,16,17,19). The van der Waals surface area contributed by atoms with Crippen molar-refractivity contribution in [1.29, 1.82) is 0 Å². The van der Waals surface area contributed by atoms with Crippen LogP contribution in [0.5, 0.6) is 0 Å². The number of nitrogens with one attached hydrogen (secondary N) is 1. The largest absolute Gasteiger partial charge is 0.360 e. The van der Waals surface area contributed by atoms with Crippen LogP contribution in [-0.4, -0.2) is 35.5 Å². The van der Waals surface area contributed by atoms with Crippen LogP contribution in [0.15, 0.2) is 10.6 Å². The minimum atomic E-state index is -0.261. The Kier molecular flexibility index (Phi) is 5.36. The van der Waals surface area contributed by atoms with E-state index < -0.39 is 0 Å². The third kappa shape index (κ3) is 4.88. The molecule has 1 saturated carbocycles. The summed E-state index contributed by atoms with van der Waals surface area (Å²) in [5.74, 6) is 1.27. The minimum Gasteiger partial charge on any atom is -0.360 e. The van der Waals surface area contributed by atoms with Gasteiger partial charge < -0.3 is 14.7 Å². The molecule has 0 bridgehead atoms. The van der Waals surface area contributed by atoms with Gasteiger partial charge in [0.2, 0.25) is 11.8 Å². The summed E-state index contributed by atoms with van der Waals surface area (Å²) in [5, 5.41) is 6.31. The lowest BCUT2D eigenvalue weighted by Gasteiger charge is -2.23. The highest BCUT2D eigenvalue weighted by Gasteiger charge is 2.20. The highest BCUT2D eigenvalue weighted by Crippen LogP contribution is 2.26. The van der Waals surface area contributed by atoms with Gasteiger partial charge >= 0.3 is 0 Å². The normalized spacial score (nSPS) is 15.7. The fraction of sp³-hybridized carbons (Fsp3) is 0.667. The highest BCUT2D eigenvalue weighted by atomic mass is 16.5. The monoisotopic (exact) mass is 293 g/mol. The molecule has 1 heterocycles. The van der Waals surface area contributed by atoms with Crippen LogP contribution >= 0.6 is 0 Å². The molecule has 0 aromatic carbocycles. The maximum atomic E-state index is 12.1. The van der Waals surface area contributed by atoms with Crippen LogP contribution in [-0.2, 0) is 9.59 Å². The Morgan fingerprint density at radius 1 is 1.38 bits per heavy atom. The Morgan fingerprint density at radius 2 is 2.10 bits per heavy atom. The predicted octanol–water partition coefficient (Wildman–Crippen LogP) is 2.35. The molecule has 116 valence electrons. The van der Waals surface area contributed by atoms with Crippen LogP contribution in [0.4, 0.5) is 5.82 Å². The summed E-state index contributed by atoms with van der Waals surface area (Å²) in [6.07, 6.45) is 6.52. The number of aryl methyl sites for hydroxylation is 1. The second kappa shape index (κ2) is 7.24. The third-order valence-corrected chi connectivity index (χ3v) is 3.89. The Bertz CT molecular complexity index is 492. The summed E-state index contributed by atoms with van der Waals surface area (Å²) >= 11 is 0. The molecule has 0 spiro atoms. The molecule has 1 N–H and O–H groups in total. The molecule has 2 amide bonds. The van der Waals surface area contributed by atoms with Gasteiger partial charge in [-0.2, -0.15) is 0 Å². The van der Waals surface area contributed by atoms with Crippen molar-refractivity contribution in [2.45, 2.75) is 45.4 Å². The van der Waals surface area contributed by atoms with E-state index in [2.05, 4.69) is 10.5 Å². The van der Waals surface area contributed by atoms with Crippen LogP contribution in [0.2, 0.25) is 0 Å². The van der Waals surface area contributed by atoms with Crippen LogP contribution < -0.4 is 5.32 Å². The minimum absolute atomic E-state index is 0.0355. The van der Waals surface area contributed by atoms with Gasteiger partial charge in [0, 0.05) is 19.5 Å². The van der Waals surface area contributed by atoms with Crippen molar-refractivity contribution in [3.63, 3.8) is 0 Å². The smallest absolute Gasteiger partial charge is 0.245 e.